The van der Waals surface area contributed by atoms with Gasteiger partial charge in [0, 0.05) is 7.05 Å². The average Bonchev–Trinajstić information content (AvgIpc) is 2.71. The first kappa shape index (κ1) is 22.1. The maximum atomic E-state index is 12.8. The molecule has 0 unspecified atom stereocenters. The van der Waals surface area contributed by atoms with E-state index in [2.05, 4.69) is 10.3 Å². The number of aromatic nitrogens is 1. The molecule has 9 heteroatoms. The molecular formula is C21H32FN5O3. The highest BCUT2D eigenvalue weighted by molar-refractivity contribution is 5.69. The summed E-state index contributed by atoms with van der Waals surface area (Å²) in [5.41, 5.74) is 7.63. The third kappa shape index (κ3) is 6.22. The van der Waals surface area contributed by atoms with Crippen LogP contribution in [0.5, 0.6) is 5.75 Å². The molecule has 2 fully saturated rings. The number of likely N-dealkylation sites (N-methyl/N-ethyl adjacent to an activating group) is 1. The summed E-state index contributed by atoms with van der Waals surface area (Å²) in [5.74, 6) is 6.71. The molecule has 8 nitrogen and oxygen atoms in total. The molecule has 166 valence electrons. The van der Waals surface area contributed by atoms with Crippen LogP contribution in [-0.2, 0) is 4.74 Å². The second-order valence-corrected chi connectivity index (χ2v) is 8.12. The summed E-state index contributed by atoms with van der Waals surface area (Å²) >= 11 is 0. The van der Waals surface area contributed by atoms with Crippen molar-refractivity contribution < 1.29 is 18.7 Å². The van der Waals surface area contributed by atoms with Gasteiger partial charge >= 0.3 is 6.09 Å². The molecule has 0 atom stereocenters. The monoisotopic (exact) mass is 421 g/mol. The summed E-state index contributed by atoms with van der Waals surface area (Å²) in [6.45, 7) is 0.291. The first-order valence-corrected chi connectivity index (χ1v) is 10.6. The molecule has 2 aliphatic rings. The molecule has 0 aromatic carbocycles. The van der Waals surface area contributed by atoms with Gasteiger partial charge in [-0.05, 0) is 56.6 Å². The highest BCUT2D eigenvalue weighted by atomic mass is 19.1. The van der Waals surface area contributed by atoms with Crippen LogP contribution in [0.2, 0.25) is 0 Å². The number of hydrogen-bond donors (Lipinski definition) is 3. The summed E-state index contributed by atoms with van der Waals surface area (Å²) in [6, 6.07) is 3.62. The number of nitrogens with one attached hydrogen (secondary N) is 1. The number of ether oxygens (including phenoxy) is 2. The van der Waals surface area contributed by atoms with Crippen molar-refractivity contribution in [3.63, 3.8) is 0 Å². The Hall–Kier alpha value is -2.55. The van der Waals surface area contributed by atoms with Gasteiger partial charge in [0.05, 0.1) is 42.5 Å². The predicted octanol–water partition coefficient (Wildman–Crippen LogP) is 2.70. The molecule has 3 rings (SSSR count). The van der Waals surface area contributed by atoms with Crippen molar-refractivity contribution in [2.24, 2.45) is 17.5 Å². The van der Waals surface area contributed by atoms with Crippen molar-refractivity contribution in [2.45, 2.75) is 57.2 Å². The highest BCUT2D eigenvalue weighted by Gasteiger charge is 2.29. The summed E-state index contributed by atoms with van der Waals surface area (Å²) in [4.78, 5) is 16.3. The first-order valence-electron chi connectivity index (χ1n) is 10.6. The Labute approximate surface area is 176 Å². The van der Waals surface area contributed by atoms with Gasteiger partial charge in [-0.2, -0.15) is 0 Å². The number of hydrogen-bond acceptors (Lipinski definition) is 7. The normalized spacial score (nSPS) is 22.5. The molecule has 1 aromatic rings. The lowest BCUT2D eigenvalue weighted by atomic mass is 9.84. The summed E-state index contributed by atoms with van der Waals surface area (Å²) in [6.07, 6.45) is 7.25. The molecule has 2 saturated carbocycles. The SMILES string of the molecule is CN(N)/C(CNC(=O)OCC1CC(F)C1)=C(\N)c1ccc(OC2CCCCC2)cn1. The Kier molecular flexibility index (Phi) is 7.73. The van der Waals surface area contributed by atoms with Crippen LogP contribution in [0.4, 0.5) is 9.18 Å². The number of carbonyl (C=O) groups is 1. The zero-order valence-electron chi connectivity index (χ0n) is 17.5. The van der Waals surface area contributed by atoms with Gasteiger partial charge in [0.1, 0.15) is 11.9 Å². The van der Waals surface area contributed by atoms with Crippen LogP contribution < -0.4 is 21.6 Å². The summed E-state index contributed by atoms with van der Waals surface area (Å²) in [5, 5.41) is 3.96. The maximum Gasteiger partial charge on any atom is 0.407 e. The number of carbonyl (C=O) groups excluding carboxylic acids is 1. The number of pyridine rings is 1. The van der Waals surface area contributed by atoms with E-state index >= 15 is 0 Å². The Balaban J connectivity index is 1.54. The fraction of sp³-hybridized carbons (Fsp3) is 0.619. The van der Waals surface area contributed by atoms with Crippen LogP contribution in [0, 0.1) is 5.92 Å². The lowest BCUT2D eigenvalue weighted by molar-refractivity contribution is 0.0577. The minimum atomic E-state index is -0.770. The standard InChI is InChI=1S/C21H32FN5O3/c1-27(24)19(12-26-21(28)29-13-14-9-15(22)10-14)20(23)18-8-7-17(11-25-18)30-16-5-3-2-4-6-16/h7-8,11,14-16H,2-6,9-10,12-13,23-24H2,1H3,(H,26,28)/b20-19-. The van der Waals surface area contributed by atoms with E-state index in [9.17, 15) is 9.18 Å². The van der Waals surface area contributed by atoms with Gasteiger partial charge in [-0.3, -0.25) is 4.98 Å². The first-order chi connectivity index (χ1) is 14.4. The Morgan fingerprint density at radius 2 is 2.03 bits per heavy atom. The molecule has 30 heavy (non-hydrogen) atoms. The van der Waals surface area contributed by atoms with Crippen molar-refractivity contribution in [2.75, 3.05) is 20.2 Å². The third-order valence-electron chi connectivity index (χ3n) is 5.63. The Bertz CT molecular complexity index is 729. The zero-order valence-corrected chi connectivity index (χ0v) is 17.5. The molecule has 0 aliphatic heterocycles. The summed E-state index contributed by atoms with van der Waals surface area (Å²) < 4.78 is 23.9. The van der Waals surface area contributed by atoms with Crippen molar-refractivity contribution in [3.05, 3.63) is 29.7 Å². The van der Waals surface area contributed by atoms with Gasteiger partial charge < -0.3 is 25.5 Å². The van der Waals surface area contributed by atoms with Crippen LogP contribution in [0.1, 0.15) is 50.6 Å². The predicted molar refractivity (Wildman–Crippen MR) is 112 cm³/mol. The van der Waals surface area contributed by atoms with Gasteiger partial charge in [0.25, 0.3) is 0 Å². The number of nitrogens with zero attached hydrogens (tertiary/aromatic N) is 2. The number of alkyl halides is 1. The molecule has 0 bridgehead atoms. The lowest BCUT2D eigenvalue weighted by Gasteiger charge is -2.28. The van der Waals surface area contributed by atoms with E-state index in [0.717, 1.165) is 12.8 Å². The van der Waals surface area contributed by atoms with E-state index in [1.165, 1.54) is 24.3 Å². The van der Waals surface area contributed by atoms with Crippen molar-refractivity contribution in [1.82, 2.24) is 15.3 Å². The van der Waals surface area contributed by atoms with Gasteiger partial charge in [0.15, 0.2) is 0 Å². The minimum Gasteiger partial charge on any atom is -0.489 e. The number of halogens is 1. The van der Waals surface area contributed by atoms with Crippen molar-refractivity contribution >= 4 is 11.8 Å². The fourth-order valence-electron chi connectivity index (χ4n) is 3.73. The molecule has 0 radical (unpaired) electrons. The number of amides is 1. The molecule has 1 aromatic heterocycles. The van der Waals surface area contributed by atoms with E-state index in [4.69, 9.17) is 21.1 Å². The molecule has 0 saturated heterocycles. The molecule has 5 N–H and O–H groups in total. The Morgan fingerprint density at radius 1 is 1.30 bits per heavy atom. The number of nitrogens with two attached hydrogens (primary N) is 2. The average molecular weight is 422 g/mol. The minimum absolute atomic E-state index is 0.0794. The zero-order chi connectivity index (χ0) is 21.5. The molecule has 2 aliphatic carbocycles. The van der Waals surface area contributed by atoms with Crippen molar-refractivity contribution in [1.29, 1.82) is 0 Å². The van der Waals surface area contributed by atoms with Gasteiger partial charge in [-0.1, -0.05) is 6.42 Å². The molecule has 1 amide bonds. The van der Waals surface area contributed by atoms with Crippen LogP contribution in [-0.4, -0.2) is 48.6 Å². The lowest BCUT2D eigenvalue weighted by Crippen LogP contribution is -2.38. The van der Waals surface area contributed by atoms with Gasteiger partial charge in [-0.25, -0.2) is 15.0 Å². The van der Waals surface area contributed by atoms with Gasteiger partial charge in [0.2, 0.25) is 0 Å². The van der Waals surface area contributed by atoms with Crippen LogP contribution in [0.25, 0.3) is 5.70 Å². The third-order valence-corrected chi connectivity index (χ3v) is 5.63. The van der Waals surface area contributed by atoms with E-state index in [0.29, 0.717) is 35.7 Å². The molecular weight excluding hydrogens is 389 g/mol. The van der Waals surface area contributed by atoms with E-state index < -0.39 is 12.3 Å². The number of alkyl carbamates (subject to hydrolysis) is 1. The van der Waals surface area contributed by atoms with E-state index in [1.807, 2.05) is 6.07 Å². The second-order valence-electron chi connectivity index (χ2n) is 8.12. The smallest absolute Gasteiger partial charge is 0.407 e. The van der Waals surface area contributed by atoms with Crippen LogP contribution >= 0.6 is 0 Å². The Morgan fingerprint density at radius 3 is 2.63 bits per heavy atom. The van der Waals surface area contributed by atoms with E-state index in [-0.39, 0.29) is 25.2 Å². The van der Waals surface area contributed by atoms with Crippen molar-refractivity contribution in [3.8, 4) is 5.75 Å². The van der Waals surface area contributed by atoms with Gasteiger partial charge in [-0.15, -0.1) is 0 Å². The maximum absolute atomic E-state index is 12.8. The quantitative estimate of drug-likeness (QED) is 0.436. The summed E-state index contributed by atoms with van der Waals surface area (Å²) in [7, 11) is 1.63. The topological polar surface area (TPSA) is 116 Å². The highest BCUT2D eigenvalue weighted by Crippen LogP contribution is 2.30. The largest absolute Gasteiger partial charge is 0.489 e. The van der Waals surface area contributed by atoms with Crippen LogP contribution in [0.15, 0.2) is 24.0 Å². The van der Waals surface area contributed by atoms with Crippen LogP contribution in [0.3, 0.4) is 0 Å². The molecule has 1 heterocycles. The fourth-order valence-corrected chi connectivity index (χ4v) is 3.73. The van der Waals surface area contributed by atoms with E-state index in [1.54, 1.807) is 19.3 Å². The molecule has 0 spiro atoms. The number of rotatable bonds is 8. The number of hydrazine groups is 1. The second kappa shape index (κ2) is 10.5.